The normalized spacial score (nSPS) is 20.8. The molecule has 0 bridgehead atoms. The third-order valence-corrected chi connectivity index (χ3v) is 7.88. The number of nitriles is 2. The first-order chi connectivity index (χ1) is 18.4. The maximum atomic E-state index is 13.0. The smallest absolute Gasteiger partial charge is 0.255 e. The van der Waals surface area contributed by atoms with E-state index < -0.39 is 17.4 Å². The van der Waals surface area contributed by atoms with Gasteiger partial charge < -0.3 is 14.5 Å². The number of amides is 3. The first-order valence-electron chi connectivity index (χ1n) is 13.0. The summed E-state index contributed by atoms with van der Waals surface area (Å²) in [5.74, 6) is -0.302. The molecule has 0 saturated carbocycles. The molecular weight excluding hydrogens is 482 g/mol. The molecule has 9 nitrogen and oxygen atoms in total. The van der Waals surface area contributed by atoms with Crippen LogP contribution < -0.4 is 10.1 Å². The second-order valence-corrected chi connectivity index (χ2v) is 10.1. The molecule has 1 atom stereocenters. The zero-order chi connectivity index (χ0) is 26.7. The topological polar surface area (TPSA) is 127 Å². The molecule has 0 aliphatic carbocycles. The molecule has 0 radical (unpaired) electrons. The van der Waals surface area contributed by atoms with Crippen molar-refractivity contribution in [3.8, 4) is 17.9 Å². The van der Waals surface area contributed by atoms with Gasteiger partial charge in [0.05, 0.1) is 36.3 Å². The summed E-state index contributed by atoms with van der Waals surface area (Å²) in [6.45, 7) is 3.18. The number of imide groups is 1. The molecule has 1 N–H and O–H groups in total. The lowest BCUT2D eigenvalue weighted by Gasteiger charge is -2.37. The Hall–Kier alpha value is -4.21. The van der Waals surface area contributed by atoms with Crippen LogP contribution in [-0.2, 0) is 21.5 Å². The van der Waals surface area contributed by atoms with E-state index in [-0.39, 0.29) is 24.8 Å². The van der Waals surface area contributed by atoms with Crippen molar-refractivity contribution >= 4 is 17.7 Å². The molecule has 3 aliphatic heterocycles. The van der Waals surface area contributed by atoms with Crippen LogP contribution >= 0.6 is 0 Å². The molecule has 1 unspecified atom stereocenters. The van der Waals surface area contributed by atoms with E-state index >= 15 is 0 Å². The van der Waals surface area contributed by atoms with Crippen LogP contribution in [0.3, 0.4) is 0 Å². The number of fused-ring (bicyclic) bond motifs is 1. The first-order valence-corrected chi connectivity index (χ1v) is 13.0. The Labute approximate surface area is 221 Å². The van der Waals surface area contributed by atoms with Crippen LogP contribution in [0.2, 0.25) is 0 Å². The third-order valence-electron chi connectivity index (χ3n) is 7.88. The molecule has 0 aromatic heterocycles. The Morgan fingerprint density at radius 1 is 1.08 bits per heavy atom. The Morgan fingerprint density at radius 3 is 2.61 bits per heavy atom. The van der Waals surface area contributed by atoms with E-state index in [9.17, 15) is 24.9 Å². The number of hydrogen-bond donors (Lipinski definition) is 1. The van der Waals surface area contributed by atoms with Crippen molar-refractivity contribution < 1.29 is 19.1 Å². The van der Waals surface area contributed by atoms with Crippen LogP contribution in [0.1, 0.15) is 59.2 Å². The number of benzene rings is 2. The van der Waals surface area contributed by atoms with Gasteiger partial charge in [0.25, 0.3) is 5.91 Å². The van der Waals surface area contributed by atoms with Gasteiger partial charge in [-0.2, -0.15) is 10.5 Å². The number of hydrogen-bond acceptors (Lipinski definition) is 7. The molecule has 38 heavy (non-hydrogen) atoms. The summed E-state index contributed by atoms with van der Waals surface area (Å²) in [7, 11) is 0. The van der Waals surface area contributed by atoms with Crippen molar-refractivity contribution in [3.05, 3.63) is 64.7 Å². The van der Waals surface area contributed by atoms with Gasteiger partial charge in [-0.3, -0.25) is 19.7 Å². The van der Waals surface area contributed by atoms with Crippen molar-refractivity contribution in [2.24, 2.45) is 0 Å². The number of nitrogens with zero attached hydrogens (tertiary/aromatic N) is 4. The molecule has 2 saturated heterocycles. The summed E-state index contributed by atoms with van der Waals surface area (Å²) in [6.07, 6.45) is 2.76. The molecule has 194 valence electrons. The number of likely N-dealkylation sites (tertiary alicyclic amines) is 1. The highest BCUT2D eigenvalue weighted by atomic mass is 16.5. The summed E-state index contributed by atoms with van der Waals surface area (Å²) in [6, 6.07) is 16.8. The average molecular weight is 512 g/mol. The average Bonchev–Trinajstić information content (AvgIpc) is 3.28. The number of carbonyl (C=O) groups excluding carboxylic acids is 3. The van der Waals surface area contributed by atoms with Crippen molar-refractivity contribution in [1.82, 2.24) is 15.1 Å². The Morgan fingerprint density at radius 2 is 1.87 bits per heavy atom. The van der Waals surface area contributed by atoms with Crippen LogP contribution in [-0.4, -0.2) is 59.8 Å². The van der Waals surface area contributed by atoms with Crippen LogP contribution in [0.25, 0.3) is 0 Å². The molecule has 5 rings (SSSR count). The fraction of sp³-hybridized carbons (Fsp3) is 0.414. The molecule has 3 heterocycles. The van der Waals surface area contributed by atoms with Gasteiger partial charge in [0.15, 0.2) is 0 Å². The van der Waals surface area contributed by atoms with Gasteiger partial charge >= 0.3 is 0 Å². The highest BCUT2D eigenvalue weighted by Gasteiger charge is 2.40. The fourth-order valence-corrected chi connectivity index (χ4v) is 5.67. The van der Waals surface area contributed by atoms with Crippen molar-refractivity contribution in [1.29, 1.82) is 10.5 Å². The number of carbonyl (C=O) groups is 3. The number of piperidine rings is 2. The molecule has 9 heteroatoms. The van der Waals surface area contributed by atoms with Crippen molar-refractivity contribution in [2.45, 2.75) is 50.1 Å². The quantitative estimate of drug-likeness (QED) is 0.447. The van der Waals surface area contributed by atoms with Crippen LogP contribution in [0.4, 0.5) is 0 Å². The lowest BCUT2D eigenvalue weighted by molar-refractivity contribution is -0.136. The minimum Gasteiger partial charge on any atom is -0.493 e. The highest BCUT2D eigenvalue weighted by Crippen LogP contribution is 2.36. The number of nitrogens with one attached hydrogen (secondary N) is 1. The maximum absolute atomic E-state index is 13.0. The first kappa shape index (κ1) is 25.4. The second-order valence-electron chi connectivity index (χ2n) is 10.1. The van der Waals surface area contributed by atoms with E-state index in [0.717, 1.165) is 37.2 Å². The van der Waals surface area contributed by atoms with E-state index in [1.165, 1.54) is 4.90 Å². The van der Waals surface area contributed by atoms with Crippen molar-refractivity contribution in [2.75, 3.05) is 26.2 Å². The SMILES string of the molecule is N#Cc1cccc(C2(C#N)CCN(CCCOc3cccc4c3CN(C3CCC(=O)NC3=O)C4=O)CC2)c1. The van der Waals surface area contributed by atoms with Gasteiger partial charge in [0.2, 0.25) is 11.8 Å². The third kappa shape index (κ3) is 4.85. The Bertz CT molecular complexity index is 1350. The highest BCUT2D eigenvalue weighted by molar-refractivity contribution is 6.05. The van der Waals surface area contributed by atoms with Gasteiger partial charge in [-0.15, -0.1) is 0 Å². The molecule has 3 aliphatic rings. The Balaban J connectivity index is 1.14. The van der Waals surface area contributed by atoms with Crippen molar-refractivity contribution in [3.63, 3.8) is 0 Å². The van der Waals surface area contributed by atoms with E-state index in [4.69, 9.17) is 4.74 Å². The standard InChI is InChI=1S/C29H29N5O4/c30-17-20-4-1-5-21(16-20)29(19-31)10-13-33(14-11-29)12-3-15-38-25-7-2-6-22-23(25)18-34(28(22)37)24-8-9-26(35)32-27(24)36/h1-2,4-7,16,24H,3,8-15,18H2,(H,32,35,36). The number of ether oxygens (including phenoxy) is 1. The lowest BCUT2D eigenvalue weighted by atomic mass is 9.73. The van der Waals surface area contributed by atoms with Crippen LogP contribution in [0, 0.1) is 22.7 Å². The minimum atomic E-state index is -0.651. The van der Waals surface area contributed by atoms with Gasteiger partial charge in [-0.05, 0) is 68.6 Å². The predicted molar refractivity (Wildman–Crippen MR) is 137 cm³/mol. The van der Waals surface area contributed by atoms with Gasteiger partial charge in [0.1, 0.15) is 11.8 Å². The Kier molecular flexibility index (Phi) is 7.13. The largest absolute Gasteiger partial charge is 0.493 e. The monoisotopic (exact) mass is 511 g/mol. The number of rotatable bonds is 7. The maximum Gasteiger partial charge on any atom is 0.255 e. The van der Waals surface area contributed by atoms with E-state index in [1.807, 2.05) is 24.3 Å². The van der Waals surface area contributed by atoms with Gasteiger partial charge in [-0.25, -0.2) is 0 Å². The molecule has 0 spiro atoms. The van der Waals surface area contributed by atoms with Gasteiger partial charge in [-0.1, -0.05) is 18.2 Å². The zero-order valence-electron chi connectivity index (χ0n) is 21.1. The molecule has 2 aromatic carbocycles. The van der Waals surface area contributed by atoms with Gasteiger partial charge in [0, 0.05) is 24.1 Å². The lowest BCUT2D eigenvalue weighted by Crippen LogP contribution is -2.52. The summed E-state index contributed by atoms with van der Waals surface area (Å²) in [4.78, 5) is 40.7. The summed E-state index contributed by atoms with van der Waals surface area (Å²) < 4.78 is 6.08. The van der Waals surface area contributed by atoms with Crippen LogP contribution in [0.15, 0.2) is 42.5 Å². The molecular formula is C29H29N5O4. The van der Waals surface area contributed by atoms with E-state index in [1.54, 1.807) is 18.2 Å². The summed E-state index contributed by atoms with van der Waals surface area (Å²) in [5, 5.41) is 21.5. The molecule has 2 aromatic rings. The molecule has 3 amide bonds. The molecule has 2 fully saturated rings. The summed E-state index contributed by atoms with van der Waals surface area (Å²) >= 11 is 0. The van der Waals surface area contributed by atoms with E-state index in [2.05, 4.69) is 22.4 Å². The summed E-state index contributed by atoms with van der Waals surface area (Å²) in [5.41, 5.74) is 2.24. The second kappa shape index (κ2) is 10.6. The predicted octanol–water partition coefficient (Wildman–Crippen LogP) is 2.65. The van der Waals surface area contributed by atoms with E-state index in [0.29, 0.717) is 42.7 Å². The van der Waals surface area contributed by atoms with Crippen LogP contribution in [0.5, 0.6) is 5.75 Å². The zero-order valence-corrected chi connectivity index (χ0v) is 21.1. The fourth-order valence-electron chi connectivity index (χ4n) is 5.67. The minimum absolute atomic E-state index is 0.213.